The molecule has 0 saturated carbocycles. The van der Waals surface area contributed by atoms with E-state index in [0.717, 1.165) is 31.0 Å². The fourth-order valence-electron chi connectivity index (χ4n) is 1.47. The maximum absolute atomic E-state index is 11.8. The number of hydrazone groups is 1. The van der Waals surface area contributed by atoms with Gasteiger partial charge in [0.1, 0.15) is 0 Å². The van der Waals surface area contributed by atoms with E-state index < -0.39 is 27.1 Å². The van der Waals surface area contributed by atoms with Gasteiger partial charge in [-0.05, 0) is 12.8 Å². The standard InChI is InChI=1S/C12H14N4O5/c1-2-3-4-5-13-14-12(17)9-6-10(15(18)19)8-11(7-9)16(20)21/h5-8H,2-4H2,1H3,(H,14,17)/b13-5+. The molecule has 0 spiro atoms. The summed E-state index contributed by atoms with van der Waals surface area (Å²) in [6.07, 6.45) is 4.09. The number of unbranched alkanes of at least 4 members (excludes halogenated alkanes) is 2. The number of nitro benzene ring substituents is 2. The first-order valence-corrected chi connectivity index (χ1v) is 6.21. The van der Waals surface area contributed by atoms with Gasteiger partial charge in [-0.15, -0.1) is 0 Å². The molecule has 1 aromatic carbocycles. The number of non-ortho nitro benzene ring substituents is 2. The summed E-state index contributed by atoms with van der Waals surface area (Å²) < 4.78 is 0. The number of carbonyl (C=O) groups is 1. The number of rotatable bonds is 7. The molecular weight excluding hydrogens is 280 g/mol. The van der Waals surface area contributed by atoms with Gasteiger partial charge in [-0.2, -0.15) is 5.10 Å². The Bertz CT molecular complexity index is 553. The van der Waals surface area contributed by atoms with Crippen LogP contribution in [0.1, 0.15) is 36.5 Å². The van der Waals surface area contributed by atoms with Crippen molar-refractivity contribution < 1.29 is 14.6 Å². The van der Waals surface area contributed by atoms with Gasteiger partial charge in [0, 0.05) is 18.3 Å². The van der Waals surface area contributed by atoms with Gasteiger partial charge in [-0.1, -0.05) is 13.3 Å². The fraction of sp³-hybridized carbons (Fsp3) is 0.333. The highest BCUT2D eigenvalue weighted by molar-refractivity contribution is 5.95. The van der Waals surface area contributed by atoms with Crippen molar-refractivity contribution in [3.63, 3.8) is 0 Å². The Labute approximate surface area is 120 Å². The highest BCUT2D eigenvalue weighted by Gasteiger charge is 2.19. The minimum Gasteiger partial charge on any atom is -0.267 e. The first kappa shape index (κ1) is 16.2. The summed E-state index contributed by atoms with van der Waals surface area (Å²) in [5.41, 5.74) is 0.937. The number of nitrogens with one attached hydrogen (secondary N) is 1. The number of carbonyl (C=O) groups excluding carboxylic acids is 1. The van der Waals surface area contributed by atoms with E-state index in [0.29, 0.717) is 6.42 Å². The summed E-state index contributed by atoms with van der Waals surface area (Å²) in [6, 6.07) is 2.72. The van der Waals surface area contributed by atoms with Gasteiger partial charge < -0.3 is 0 Å². The minimum atomic E-state index is -0.797. The van der Waals surface area contributed by atoms with E-state index in [2.05, 4.69) is 10.5 Å². The third-order valence-corrected chi connectivity index (χ3v) is 2.53. The maximum atomic E-state index is 11.8. The molecule has 1 rings (SSSR count). The Kier molecular flexibility index (Phi) is 5.93. The SMILES string of the molecule is CCCC/C=N/NC(=O)c1cc([N+](=O)[O-])cc([N+](=O)[O-])c1. The van der Waals surface area contributed by atoms with Crippen LogP contribution in [0.2, 0.25) is 0 Å². The van der Waals surface area contributed by atoms with Gasteiger partial charge >= 0.3 is 0 Å². The Hall–Kier alpha value is -2.84. The van der Waals surface area contributed by atoms with Crippen molar-refractivity contribution in [2.24, 2.45) is 5.10 Å². The van der Waals surface area contributed by atoms with E-state index in [-0.39, 0.29) is 5.56 Å². The monoisotopic (exact) mass is 294 g/mol. The maximum Gasteiger partial charge on any atom is 0.277 e. The second-order valence-electron chi connectivity index (χ2n) is 4.15. The quantitative estimate of drug-likeness (QED) is 0.357. The lowest BCUT2D eigenvalue weighted by Gasteiger charge is -2.00. The van der Waals surface area contributed by atoms with Gasteiger partial charge in [0.15, 0.2) is 0 Å². The van der Waals surface area contributed by atoms with Crippen LogP contribution in [0.5, 0.6) is 0 Å². The van der Waals surface area contributed by atoms with Crippen molar-refractivity contribution in [2.75, 3.05) is 0 Å². The molecule has 9 nitrogen and oxygen atoms in total. The largest absolute Gasteiger partial charge is 0.277 e. The van der Waals surface area contributed by atoms with Crippen LogP contribution in [0, 0.1) is 20.2 Å². The number of benzene rings is 1. The summed E-state index contributed by atoms with van der Waals surface area (Å²) in [7, 11) is 0. The molecule has 0 atom stereocenters. The van der Waals surface area contributed by atoms with Gasteiger partial charge in [-0.3, -0.25) is 25.0 Å². The van der Waals surface area contributed by atoms with E-state index in [1.165, 1.54) is 6.21 Å². The van der Waals surface area contributed by atoms with E-state index in [1.54, 1.807) is 0 Å². The predicted molar refractivity (Wildman–Crippen MR) is 75.2 cm³/mol. The molecule has 0 bridgehead atoms. The highest BCUT2D eigenvalue weighted by atomic mass is 16.6. The Morgan fingerprint density at radius 2 is 1.81 bits per heavy atom. The van der Waals surface area contributed by atoms with Crippen LogP contribution in [-0.4, -0.2) is 22.0 Å². The van der Waals surface area contributed by atoms with E-state index >= 15 is 0 Å². The van der Waals surface area contributed by atoms with Crippen LogP contribution in [0.25, 0.3) is 0 Å². The molecule has 112 valence electrons. The Morgan fingerprint density at radius 3 is 2.29 bits per heavy atom. The average molecular weight is 294 g/mol. The second kappa shape index (κ2) is 7.68. The molecule has 0 saturated heterocycles. The topological polar surface area (TPSA) is 128 Å². The van der Waals surface area contributed by atoms with Crippen LogP contribution in [0.15, 0.2) is 23.3 Å². The van der Waals surface area contributed by atoms with Gasteiger partial charge in [0.2, 0.25) is 0 Å². The van der Waals surface area contributed by atoms with Crippen LogP contribution in [-0.2, 0) is 0 Å². The molecule has 0 radical (unpaired) electrons. The molecule has 1 aromatic rings. The zero-order valence-electron chi connectivity index (χ0n) is 11.3. The molecule has 0 aliphatic carbocycles. The molecule has 9 heteroatoms. The normalized spacial score (nSPS) is 10.5. The lowest BCUT2D eigenvalue weighted by Crippen LogP contribution is -2.17. The Morgan fingerprint density at radius 1 is 1.24 bits per heavy atom. The van der Waals surface area contributed by atoms with Gasteiger partial charge in [-0.25, -0.2) is 5.43 Å². The zero-order chi connectivity index (χ0) is 15.8. The average Bonchev–Trinajstić information content (AvgIpc) is 2.46. The fourth-order valence-corrected chi connectivity index (χ4v) is 1.47. The van der Waals surface area contributed by atoms with Crippen molar-refractivity contribution in [1.82, 2.24) is 5.43 Å². The molecule has 21 heavy (non-hydrogen) atoms. The Balaban J connectivity index is 2.90. The van der Waals surface area contributed by atoms with E-state index in [1.807, 2.05) is 6.92 Å². The lowest BCUT2D eigenvalue weighted by atomic mass is 10.1. The van der Waals surface area contributed by atoms with Crippen LogP contribution in [0.4, 0.5) is 11.4 Å². The molecule has 0 aliphatic heterocycles. The summed E-state index contributed by atoms with van der Waals surface area (Å²) in [4.78, 5) is 31.6. The number of nitrogens with zero attached hydrogens (tertiary/aromatic N) is 3. The van der Waals surface area contributed by atoms with E-state index in [4.69, 9.17) is 0 Å². The third-order valence-electron chi connectivity index (χ3n) is 2.53. The zero-order valence-corrected chi connectivity index (χ0v) is 11.3. The molecular formula is C12H14N4O5. The predicted octanol–water partition coefficient (Wildman–Crippen LogP) is 2.41. The minimum absolute atomic E-state index is 0.191. The number of hydrogen-bond acceptors (Lipinski definition) is 6. The summed E-state index contributed by atoms with van der Waals surface area (Å²) in [5.74, 6) is -0.741. The first-order valence-electron chi connectivity index (χ1n) is 6.21. The third kappa shape index (κ3) is 4.97. The van der Waals surface area contributed by atoms with Crippen molar-refractivity contribution in [2.45, 2.75) is 26.2 Å². The summed E-state index contributed by atoms with van der Waals surface area (Å²) >= 11 is 0. The van der Waals surface area contributed by atoms with Gasteiger partial charge in [0.05, 0.1) is 21.5 Å². The van der Waals surface area contributed by atoms with Crippen LogP contribution >= 0.6 is 0 Å². The summed E-state index contributed by atoms with van der Waals surface area (Å²) in [5, 5.41) is 25.1. The van der Waals surface area contributed by atoms with Crippen molar-refractivity contribution >= 4 is 23.5 Å². The smallest absolute Gasteiger partial charge is 0.267 e. The van der Waals surface area contributed by atoms with E-state index in [9.17, 15) is 25.0 Å². The molecule has 1 amide bonds. The van der Waals surface area contributed by atoms with Crippen molar-refractivity contribution in [1.29, 1.82) is 0 Å². The highest BCUT2D eigenvalue weighted by Crippen LogP contribution is 2.22. The first-order chi connectivity index (χ1) is 9.95. The van der Waals surface area contributed by atoms with Crippen LogP contribution in [0.3, 0.4) is 0 Å². The van der Waals surface area contributed by atoms with Crippen molar-refractivity contribution in [3.8, 4) is 0 Å². The molecule has 0 unspecified atom stereocenters. The molecule has 0 aromatic heterocycles. The summed E-state index contributed by atoms with van der Waals surface area (Å²) in [6.45, 7) is 2.01. The number of nitro groups is 2. The number of hydrogen-bond donors (Lipinski definition) is 1. The molecule has 1 N–H and O–H groups in total. The van der Waals surface area contributed by atoms with Crippen LogP contribution < -0.4 is 5.43 Å². The second-order valence-corrected chi connectivity index (χ2v) is 4.15. The lowest BCUT2D eigenvalue weighted by molar-refractivity contribution is -0.394. The van der Waals surface area contributed by atoms with Crippen molar-refractivity contribution in [3.05, 3.63) is 44.0 Å². The molecule has 0 heterocycles. The van der Waals surface area contributed by atoms with Gasteiger partial charge in [0.25, 0.3) is 17.3 Å². The molecule has 0 aliphatic rings. The number of amides is 1. The molecule has 0 fully saturated rings.